The number of rotatable bonds is 3. The van der Waals surface area contributed by atoms with Crippen LogP contribution in [0.4, 0.5) is 0 Å². The summed E-state index contributed by atoms with van der Waals surface area (Å²) in [5, 5.41) is 10.8. The molecule has 2 saturated carbocycles. The fraction of sp³-hybridized carbons (Fsp3) is 0.767. The number of carbonyl (C=O) groups excluding carboxylic acids is 1. The van der Waals surface area contributed by atoms with Gasteiger partial charge in [-0.25, -0.2) is 0 Å². The van der Waals surface area contributed by atoms with Crippen molar-refractivity contribution in [2.75, 3.05) is 0 Å². The molecule has 33 heavy (non-hydrogen) atoms. The third-order valence-electron chi connectivity index (χ3n) is 11.8. The van der Waals surface area contributed by atoms with Crippen LogP contribution in [0.2, 0.25) is 0 Å². The largest absolute Gasteiger partial charge is 0.461 e. The van der Waals surface area contributed by atoms with Gasteiger partial charge in [0.15, 0.2) is 5.76 Å². The van der Waals surface area contributed by atoms with Crippen LogP contribution < -0.4 is 0 Å². The molecule has 1 N–H and O–H groups in total. The standard InChI is InChI=1S/C30H44O3/c1-18-16-23(33-17-18)26(32)19(2)20-10-14-30(7)22-8-9-24-27(3,4)25(31)12-13-28(24,5)21(22)11-15-29(20,30)6/h16-17,19-20,24-25,31H,8-15H2,1-7H3/t19-,20-,24-,25-,28+,29-,30+/m0/s1. The topological polar surface area (TPSA) is 50.4 Å². The maximum atomic E-state index is 13.4. The molecule has 0 spiro atoms. The van der Waals surface area contributed by atoms with Crippen molar-refractivity contribution in [3.63, 3.8) is 0 Å². The fourth-order valence-corrected chi connectivity index (χ4v) is 9.49. The Hall–Kier alpha value is -1.35. The van der Waals surface area contributed by atoms with E-state index in [-0.39, 0.29) is 39.5 Å². The number of carbonyl (C=O) groups is 1. The van der Waals surface area contributed by atoms with Gasteiger partial charge in [-0.05, 0) is 103 Å². The van der Waals surface area contributed by atoms with Gasteiger partial charge in [0.1, 0.15) is 0 Å². The monoisotopic (exact) mass is 452 g/mol. The molecule has 3 nitrogen and oxygen atoms in total. The molecule has 5 rings (SSSR count). The average molecular weight is 453 g/mol. The Labute approximate surface area is 200 Å². The Morgan fingerprint density at radius 1 is 1.03 bits per heavy atom. The third-order valence-corrected chi connectivity index (χ3v) is 11.8. The number of allylic oxidation sites excluding steroid dienone is 2. The van der Waals surface area contributed by atoms with E-state index >= 15 is 0 Å². The number of furan rings is 1. The smallest absolute Gasteiger partial charge is 0.201 e. The van der Waals surface area contributed by atoms with E-state index in [4.69, 9.17) is 4.42 Å². The molecule has 4 aliphatic carbocycles. The van der Waals surface area contributed by atoms with Crippen LogP contribution in [0.1, 0.15) is 109 Å². The molecule has 7 atom stereocenters. The molecule has 182 valence electrons. The van der Waals surface area contributed by atoms with E-state index in [1.807, 2.05) is 13.0 Å². The molecular formula is C30H44O3. The molecule has 0 bridgehead atoms. The summed E-state index contributed by atoms with van der Waals surface area (Å²) in [5.74, 6) is 1.64. The zero-order chi connectivity index (χ0) is 24.0. The van der Waals surface area contributed by atoms with Crippen molar-refractivity contribution in [1.82, 2.24) is 0 Å². The summed E-state index contributed by atoms with van der Waals surface area (Å²) in [6.45, 7) is 16.3. The highest BCUT2D eigenvalue weighted by atomic mass is 16.3. The van der Waals surface area contributed by atoms with Gasteiger partial charge in [-0.1, -0.05) is 52.7 Å². The number of hydrogen-bond donors (Lipinski definition) is 1. The van der Waals surface area contributed by atoms with E-state index < -0.39 is 0 Å². The number of Topliss-reactive ketones (excluding diaryl/α,β-unsaturated/α-hetero) is 1. The first-order valence-corrected chi connectivity index (χ1v) is 13.4. The lowest BCUT2D eigenvalue weighted by Crippen LogP contribution is -2.55. The maximum Gasteiger partial charge on any atom is 0.201 e. The summed E-state index contributed by atoms with van der Waals surface area (Å²) in [5.41, 5.74) is 5.01. The van der Waals surface area contributed by atoms with Crippen LogP contribution in [0.25, 0.3) is 0 Å². The van der Waals surface area contributed by atoms with Gasteiger partial charge in [0.05, 0.1) is 12.4 Å². The first kappa shape index (κ1) is 23.4. The first-order valence-electron chi connectivity index (χ1n) is 13.4. The SMILES string of the molecule is Cc1coc(C(=O)[C@@H](C)[C@@H]2CC[C@]3(C)C4=C(CC[C@@]23C)[C@@]2(C)CC[C@H](O)C(C)(C)[C@@H]2CC4)c1. The summed E-state index contributed by atoms with van der Waals surface area (Å²) in [6.07, 6.45) is 10.6. The van der Waals surface area contributed by atoms with Crippen molar-refractivity contribution >= 4 is 5.78 Å². The zero-order valence-corrected chi connectivity index (χ0v) is 21.9. The second kappa shape index (κ2) is 7.33. The zero-order valence-electron chi connectivity index (χ0n) is 21.9. The number of ketones is 1. The van der Waals surface area contributed by atoms with Gasteiger partial charge in [-0.3, -0.25) is 4.79 Å². The minimum atomic E-state index is -0.185. The van der Waals surface area contributed by atoms with Gasteiger partial charge in [0.25, 0.3) is 0 Å². The Balaban J connectivity index is 1.50. The van der Waals surface area contributed by atoms with Crippen LogP contribution in [0.15, 0.2) is 27.9 Å². The molecule has 4 aliphatic rings. The molecule has 0 unspecified atom stereocenters. The molecule has 1 aromatic heterocycles. The summed E-state index contributed by atoms with van der Waals surface area (Å²) in [7, 11) is 0. The normalized spacial score (nSPS) is 43.0. The van der Waals surface area contributed by atoms with Gasteiger partial charge in [-0.2, -0.15) is 0 Å². The molecule has 0 amide bonds. The molecule has 0 aromatic carbocycles. The van der Waals surface area contributed by atoms with Gasteiger partial charge in [0.2, 0.25) is 5.78 Å². The molecule has 3 heteroatoms. The van der Waals surface area contributed by atoms with Crippen LogP contribution in [-0.2, 0) is 0 Å². The van der Waals surface area contributed by atoms with E-state index in [0.717, 1.165) is 31.2 Å². The highest BCUT2D eigenvalue weighted by Gasteiger charge is 2.63. The number of aliphatic hydroxyl groups is 1. The van der Waals surface area contributed by atoms with Crippen molar-refractivity contribution in [3.8, 4) is 0 Å². The lowest BCUT2D eigenvalue weighted by molar-refractivity contribution is -0.0960. The van der Waals surface area contributed by atoms with Gasteiger partial charge in [-0.15, -0.1) is 0 Å². The van der Waals surface area contributed by atoms with Crippen LogP contribution in [0, 0.1) is 46.3 Å². The molecular weight excluding hydrogens is 408 g/mol. The summed E-state index contributed by atoms with van der Waals surface area (Å²) < 4.78 is 5.61. The van der Waals surface area contributed by atoms with Gasteiger partial charge < -0.3 is 9.52 Å². The minimum Gasteiger partial charge on any atom is -0.461 e. The van der Waals surface area contributed by atoms with Crippen LogP contribution in [0.5, 0.6) is 0 Å². The van der Waals surface area contributed by atoms with Crippen molar-refractivity contribution in [1.29, 1.82) is 0 Å². The van der Waals surface area contributed by atoms with E-state index in [0.29, 0.717) is 17.6 Å². The van der Waals surface area contributed by atoms with Crippen LogP contribution >= 0.6 is 0 Å². The molecule has 1 aromatic rings. The van der Waals surface area contributed by atoms with E-state index in [2.05, 4.69) is 41.5 Å². The highest BCUT2D eigenvalue weighted by molar-refractivity contribution is 5.95. The third kappa shape index (κ3) is 3.00. The van der Waals surface area contributed by atoms with E-state index in [1.54, 1.807) is 17.4 Å². The summed E-state index contributed by atoms with van der Waals surface area (Å²) in [6, 6.07) is 1.90. The average Bonchev–Trinajstić information content (AvgIpc) is 3.31. The van der Waals surface area contributed by atoms with Gasteiger partial charge in [0, 0.05) is 5.92 Å². The Morgan fingerprint density at radius 3 is 2.42 bits per heavy atom. The molecule has 0 aliphatic heterocycles. The van der Waals surface area contributed by atoms with Crippen LogP contribution in [-0.4, -0.2) is 17.0 Å². The van der Waals surface area contributed by atoms with Gasteiger partial charge >= 0.3 is 0 Å². The minimum absolute atomic E-state index is 0.0137. The summed E-state index contributed by atoms with van der Waals surface area (Å²) in [4.78, 5) is 13.4. The van der Waals surface area contributed by atoms with Crippen molar-refractivity contribution in [3.05, 3.63) is 34.8 Å². The Morgan fingerprint density at radius 2 is 1.76 bits per heavy atom. The van der Waals surface area contributed by atoms with Crippen LogP contribution in [0.3, 0.4) is 0 Å². The van der Waals surface area contributed by atoms with Crippen molar-refractivity contribution in [2.45, 2.75) is 106 Å². The van der Waals surface area contributed by atoms with E-state index in [1.165, 1.54) is 25.7 Å². The molecule has 0 radical (unpaired) electrons. The predicted molar refractivity (Wildman–Crippen MR) is 132 cm³/mol. The number of aryl methyl sites for hydroxylation is 1. The number of aliphatic hydroxyl groups excluding tert-OH is 1. The molecule has 0 saturated heterocycles. The second-order valence-electron chi connectivity index (χ2n) is 13.4. The Kier molecular flexibility index (Phi) is 5.19. The lowest BCUT2D eigenvalue weighted by atomic mass is 9.43. The lowest BCUT2D eigenvalue weighted by Gasteiger charge is -2.62. The van der Waals surface area contributed by atoms with Crippen molar-refractivity contribution < 1.29 is 14.3 Å². The fourth-order valence-electron chi connectivity index (χ4n) is 9.49. The molecule has 2 fully saturated rings. The second-order valence-corrected chi connectivity index (χ2v) is 13.4. The van der Waals surface area contributed by atoms with E-state index in [9.17, 15) is 9.90 Å². The number of hydrogen-bond acceptors (Lipinski definition) is 3. The highest BCUT2D eigenvalue weighted by Crippen LogP contribution is 2.72. The maximum absolute atomic E-state index is 13.4. The quantitative estimate of drug-likeness (QED) is 0.381. The summed E-state index contributed by atoms with van der Waals surface area (Å²) >= 11 is 0. The predicted octanol–water partition coefficient (Wildman–Crippen LogP) is 7.52. The number of fused-ring (bicyclic) bond motifs is 4. The van der Waals surface area contributed by atoms with Crippen molar-refractivity contribution in [2.24, 2.45) is 39.4 Å². The molecule has 1 heterocycles. The Bertz CT molecular complexity index is 998. The first-order chi connectivity index (χ1) is 15.4.